The minimum absolute atomic E-state index is 0. The van der Waals surface area contributed by atoms with E-state index in [2.05, 4.69) is 15.6 Å². The summed E-state index contributed by atoms with van der Waals surface area (Å²) in [4.78, 5) is 58.1. The van der Waals surface area contributed by atoms with Gasteiger partial charge in [0.05, 0.1) is 22.2 Å². The number of thiazole rings is 1. The van der Waals surface area contributed by atoms with Crippen LogP contribution in [0.2, 0.25) is 0 Å². The van der Waals surface area contributed by atoms with Gasteiger partial charge in [-0.3, -0.25) is 19.2 Å². The van der Waals surface area contributed by atoms with Crippen LogP contribution < -0.4 is 26.8 Å². The molecule has 290 valence electrons. The van der Waals surface area contributed by atoms with E-state index < -0.39 is 23.6 Å². The SMILES string of the molecule is Cc1ncsc1-c1ccc(CNC(=O)[C@@H]2C[C@@H](O)CN2C(=O)[C@@H](NC(=O)CCCCCc2ccc(OC[C@@H](N)CCC(N)=O)cc2)C(C)(C)C)cc1.Cl. The number of aliphatic hydroxyl groups excluding tert-OH is 1. The maximum atomic E-state index is 13.9. The number of β-amino-alcohol motifs (C(OH)–C–C–N with tert-alkyl or cyclic N) is 1. The molecule has 0 unspecified atom stereocenters. The fourth-order valence-corrected chi connectivity index (χ4v) is 6.98. The van der Waals surface area contributed by atoms with Crippen molar-refractivity contribution in [1.82, 2.24) is 20.5 Å². The Kier molecular flexibility index (Phi) is 16.7. The molecule has 0 aliphatic carbocycles. The fraction of sp³-hybridized carbons (Fsp3) is 0.513. The quantitative estimate of drug-likeness (QED) is 0.118. The number of aryl methyl sites for hydroxylation is 2. The van der Waals surface area contributed by atoms with Gasteiger partial charge in [-0.15, -0.1) is 23.7 Å². The van der Waals surface area contributed by atoms with Crippen LogP contribution in [0, 0.1) is 12.3 Å². The molecule has 0 spiro atoms. The highest BCUT2D eigenvalue weighted by Crippen LogP contribution is 2.28. The maximum absolute atomic E-state index is 13.9. The first-order chi connectivity index (χ1) is 24.7. The number of hydrogen-bond donors (Lipinski definition) is 5. The van der Waals surface area contributed by atoms with Crippen LogP contribution in [0.15, 0.2) is 54.0 Å². The highest BCUT2D eigenvalue weighted by Gasteiger charge is 2.44. The predicted molar refractivity (Wildman–Crippen MR) is 209 cm³/mol. The third kappa shape index (κ3) is 13.4. The predicted octanol–water partition coefficient (Wildman–Crippen LogP) is 4.42. The molecule has 0 saturated carbocycles. The van der Waals surface area contributed by atoms with E-state index in [1.54, 1.807) is 11.3 Å². The molecular formula is C39H55ClN6O6S. The van der Waals surface area contributed by atoms with Crippen molar-refractivity contribution in [3.05, 3.63) is 70.9 Å². The molecule has 1 saturated heterocycles. The van der Waals surface area contributed by atoms with E-state index >= 15 is 0 Å². The van der Waals surface area contributed by atoms with Crippen molar-refractivity contribution in [1.29, 1.82) is 0 Å². The van der Waals surface area contributed by atoms with E-state index in [-0.39, 0.29) is 74.4 Å². The molecule has 1 aromatic heterocycles. The normalized spacial score (nSPS) is 16.7. The monoisotopic (exact) mass is 770 g/mol. The first kappa shape index (κ1) is 43.4. The van der Waals surface area contributed by atoms with Crippen molar-refractivity contribution >= 4 is 47.4 Å². The second-order valence-electron chi connectivity index (χ2n) is 14.7. The Balaban J connectivity index is 0.00000756. The number of nitrogens with one attached hydrogen (secondary N) is 2. The van der Waals surface area contributed by atoms with Gasteiger partial charge in [-0.05, 0) is 66.8 Å². The molecule has 1 aliphatic rings. The average Bonchev–Trinajstić information content (AvgIpc) is 3.72. The molecular weight excluding hydrogens is 716 g/mol. The van der Waals surface area contributed by atoms with Crippen LogP contribution in [0.4, 0.5) is 0 Å². The van der Waals surface area contributed by atoms with Gasteiger partial charge in [0.1, 0.15) is 24.4 Å². The number of amides is 4. The molecule has 0 bridgehead atoms. The van der Waals surface area contributed by atoms with E-state index in [0.29, 0.717) is 25.2 Å². The lowest BCUT2D eigenvalue weighted by molar-refractivity contribution is -0.144. The van der Waals surface area contributed by atoms with Crippen molar-refractivity contribution in [3.63, 3.8) is 0 Å². The summed E-state index contributed by atoms with van der Waals surface area (Å²) in [5.74, 6) is -0.604. The first-order valence-electron chi connectivity index (χ1n) is 18.0. The Hall–Kier alpha value is -4.04. The van der Waals surface area contributed by atoms with Crippen LogP contribution in [-0.4, -0.2) is 76.0 Å². The topological polar surface area (TPSA) is 190 Å². The Morgan fingerprint density at radius 3 is 2.32 bits per heavy atom. The molecule has 0 radical (unpaired) electrons. The van der Waals surface area contributed by atoms with Gasteiger partial charge in [0.25, 0.3) is 0 Å². The first-order valence-corrected chi connectivity index (χ1v) is 18.9. The summed E-state index contributed by atoms with van der Waals surface area (Å²) >= 11 is 1.58. The lowest BCUT2D eigenvalue weighted by Crippen LogP contribution is -2.57. The van der Waals surface area contributed by atoms with Gasteiger partial charge in [-0.25, -0.2) is 4.98 Å². The van der Waals surface area contributed by atoms with E-state index in [1.165, 1.54) is 4.90 Å². The van der Waals surface area contributed by atoms with Gasteiger partial charge in [-0.1, -0.05) is 63.6 Å². The number of nitrogens with two attached hydrogens (primary N) is 2. The van der Waals surface area contributed by atoms with Gasteiger partial charge >= 0.3 is 0 Å². The number of hydrogen-bond acceptors (Lipinski definition) is 9. The van der Waals surface area contributed by atoms with Crippen LogP contribution in [0.3, 0.4) is 0 Å². The zero-order chi connectivity index (χ0) is 37.8. The lowest BCUT2D eigenvalue weighted by Gasteiger charge is -2.35. The number of primary amides is 1. The van der Waals surface area contributed by atoms with Crippen LogP contribution in [-0.2, 0) is 32.1 Å². The highest BCUT2D eigenvalue weighted by molar-refractivity contribution is 7.13. The summed E-state index contributed by atoms with van der Waals surface area (Å²) in [6.07, 6.45) is 3.53. The van der Waals surface area contributed by atoms with Crippen molar-refractivity contribution in [3.8, 4) is 16.2 Å². The zero-order valence-electron chi connectivity index (χ0n) is 31.1. The third-order valence-electron chi connectivity index (χ3n) is 9.23. The third-order valence-corrected chi connectivity index (χ3v) is 10.2. The summed E-state index contributed by atoms with van der Waals surface area (Å²) in [5.41, 5.74) is 16.4. The van der Waals surface area contributed by atoms with Crippen LogP contribution in [0.1, 0.15) is 82.5 Å². The molecule has 1 aliphatic heterocycles. The number of aromatic nitrogens is 1. The van der Waals surface area contributed by atoms with Gasteiger partial charge in [0, 0.05) is 38.4 Å². The number of benzene rings is 2. The number of nitrogens with zero attached hydrogens (tertiary/aromatic N) is 2. The molecule has 7 N–H and O–H groups in total. The summed E-state index contributed by atoms with van der Waals surface area (Å²) in [6, 6.07) is 13.7. The van der Waals surface area contributed by atoms with Crippen molar-refractivity contribution in [2.24, 2.45) is 16.9 Å². The number of carbonyl (C=O) groups excluding carboxylic acids is 4. The average molecular weight is 771 g/mol. The molecule has 14 heteroatoms. The number of aliphatic hydroxyl groups is 1. The number of unbranched alkanes of at least 4 members (excludes halogenated alkanes) is 2. The van der Waals surface area contributed by atoms with Crippen molar-refractivity contribution in [2.45, 2.75) is 110 Å². The van der Waals surface area contributed by atoms with Crippen molar-refractivity contribution in [2.75, 3.05) is 13.2 Å². The fourth-order valence-electron chi connectivity index (χ4n) is 6.17. The number of likely N-dealkylation sites (tertiary alicyclic amines) is 1. The largest absolute Gasteiger partial charge is 0.492 e. The Labute approximate surface area is 322 Å². The molecule has 12 nitrogen and oxygen atoms in total. The van der Waals surface area contributed by atoms with Crippen LogP contribution >= 0.6 is 23.7 Å². The van der Waals surface area contributed by atoms with E-state index in [1.807, 2.05) is 81.7 Å². The smallest absolute Gasteiger partial charge is 0.246 e. The van der Waals surface area contributed by atoms with Crippen LogP contribution in [0.25, 0.3) is 10.4 Å². The second-order valence-corrected chi connectivity index (χ2v) is 15.6. The number of ether oxygens (including phenoxy) is 1. The molecule has 2 aromatic carbocycles. The molecule has 2 heterocycles. The standard InChI is InChI=1S/C39H54N6O6S.ClH/c1-25-35(52-24-43-25)28-14-10-27(11-15-28)21-42-37(49)32-20-30(46)22-45(32)38(50)36(39(2,3)4)44-34(48)9-7-5-6-8-26-12-17-31(18-13-26)51-23-29(40)16-19-33(41)47;/h10-15,17-18,24,29-30,32,36,46H,5-9,16,19-23,40H2,1-4H3,(H2,41,47)(H,42,49)(H,44,48);1H/t29-,30+,32-,36+;/m0./s1. The van der Waals surface area contributed by atoms with Gasteiger partial charge in [-0.2, -0.15) is 0 Å². The molecule has 3 aromatic rings. The van der Waals surface area contributed by atoms with Crippen molar-refractivity contribution < 1.29 is 29.0 Å². The summed E-state index contributed by atoms with van der Waals surface area (Å²) in [6.45, 7) is 8.22. The number of halogens is 1. The number of rotatable bonds is 18. The second kappa shape index (κ2) is 20.4. The van der Waals surface area contributed by atoms with E-state index in [4.69, 9.17) is 16.2 Å². The Morgan fingerprint density at radius 1 is 1.02 bits per heavy atom. The van der Waals surface area contributed by atoms with E-state index in [0.717, 1.165) is 46.5 Å². The Morgan fingerprint density at radius 2 is 1.70 bits per heavy atom. The minimum Gasteiger partial charge on any atom is -0.492 e. The molecule has 4 atom stereocenters. The van der Waals surface area contributed by atoms with Gasteiger partial charge < -0.3 is 36.8 Å². The van der Waals surface area contributed by atoms with E-state index in [9.17, 15) is 24.3 Å². The van der Waals surface area contributed by atoms with Gasteiger partial charge in [0.2, 0.25) is 23.6 Å². The lowest BCUT2D eigenvalue weighted by atomic mass is 9.85. The van der Waals surface area contributed by atoms with Gasteiger partial charge in [0.15, 0.2) is 0 Å². The molecule has 1 fully saturated rings. The molecule has 4 amide bonds. The highest BCUT2D eigenvalue weighted by atomic mass is 35.5. The summed E-state index contributed by atoms with van der Waals surface area (Å²) < 4.78 is 5.71. The molecule has 4 rings (SSSR count). The minimum atomic E-state index is -0.859. The number of carbonyl (C=O) groups is 4. The summed E-state index contributed by atoms with van der Waals surface area (Å²) in [5, 5.41) is 16.4. The zero-order valence-corrected chi connectivity index (χ0v) is 32.8. The maximum Gasteiger partial charge on any atom is 0.246 e. The Bertz CT molecular complexity index is 1640. The molecule has 53 heavy (non-hydrogen) atoms. The van der Waals surface area contributed by atoms with Crippen LogP contribution in [0.5, 0.6) is 5.75 Å². The summed E-state index contributed by atoms with van der Waals surface area (Å²) in [7, 11) is 0.